The molecule has 196 valence electrons. The minimum absolute atomic E-state index is 0.215. The van der Waals surface area contributed by atoms with Crippen LogP contribution in [0.5, 0.6) is 0 Å². The van der Waals surface area contributed by atoms with Crippen molar-refractivity contribution in [1.82, 2.24) is 0 Å². The van der Waals surface area contributed by atoms with Crippen molar-refractivity contribution in [2.75, 3.05) is 0 Å². The number of benzene rings is 2. The van der Waals surface area contributed by atoms with Crippen molar-refractivity contribution in [3.8, 4) is 0 Å². The van der Waals surface area contributed by atoms with Gasteiger partial charge in [-0.05, 0) is 66.6 Å². The summed E-state index contributed by atoms with van der Waals surface area (Å²) in [6.07, 6.45) is -8.22. The fourth-order valence-electron chi connectivity index (χ4n) is 4.82. The van der Waals surface area contributed by atoms with Crippen LogP contribution in [0.4, 0.5) is 26.3 Å². The molecule has 2 aromatic carbocycles. The van der Waals surface area contributed by atoms with Gasteiger partial charge in [-0.1, -0.05) is 51.8 Å². The second kappa shape index (κ2) is 9.92. The molecule has 0 bridgehead atoms. The number of hydrogen-bond donors (Lipinski definition) is 0. The maximum Gasteiger partial charge on any atom is 0.417 e. The van der Waals surface area contributed by atoms with Gasteiger partial charge in [0.15, 0.2) is 11.0 Å². The molecule has 0 N–H and O–H groups in total. The number of hydrogen-bond acceptors (Lipinski definition) is 2. The van der Waals surface area contributed by atoms with Crippen LogP contribution >= 0.6 is 7.92 Å². The van der Waals surface area contributed by atoms with Crippen molar-refractivity contribution in [2.24, 2.45) is 0 Å². The molecule has 1 aliphatic rings. The maximum absolute atomic E-state index is 13.9. The summed E-state index contributed by atoms with van der Waals surface area (Å²) in [5.74, 6) is 0. The SMILES string of the molecule is Cc1cc(C(C)(C)C)cc(C)c1C(=O)P(C(=O)c1c(C(F)(F)F)cccc1C(F)(F)F)C1CCCC1. The van der Waals surface area contributed by atoms with Gasteiger partial charge in [0.1, 0.15) is 0 Å². The van der Waals surface area contributed by atoms with Crippen LogP contribution in [-0.2, 0) is 17.8 Å². The van der Waals surface area contributed by atoms with Crippen molar-refractivity contribution in [1.29, 1.82) is 0 Å². The first-order valence-electron chi connectivity index (χ1n) is 11.7. The van der Waals surface area contributed by atoms with E-state index in [2.05, 4.69) is 0 Å². The van der Waals surface area contributed by atoms with E-state index >= 15 is 0 Å². The van der Waals surface area contributed by atoms with E-state index in [0.717, 1.165) is 5.56 Å². The number of halogens is 6. The third-order valence-corrected chi connectivity index (χ3v) is 9.20. The Kier molecular flexibility index (Phi) is 7.82. The van der Waals surface area contributed by atoms with E-state index in [4.69, 9.17) is 0 Å². The number of aryl methyl sites for hydroxylation is 2. The first kappa shape index (κ1) is 28.4. The van der Waals surface area contributed by atoms with Gasteiger partial charge in [0, 0.05) is 19.0 Å². The van der Waals surface area contributed by atoms with E-state index in [1.54, 1.807) is 26.0 Å². The highest BCUT2D eigenvalue weighted by atomic mass is 31.1. The van der Waals surface area contributed by atoms with Crippen molar-refractivity contribution in [2.45, 2.75) is 83.7 Å². The van der Waals surface area contributed by atoms with Crippen LogP contribution in [0.2, 0.25) is 0 Å². The van der Waals surface area contributed by atoms with E-state index in [0.29, 0.717) is 55.0 Å². The molecular weight excluding hydrogens is 501 g/mol. The van der Waals surface area contributed by atoms with Crippen molar-refractivity contribution >= 4 is 19.0 Å². The molecule has 0 aliphatic heterocycles. The van der Waals surface area contributed by atoms with Crippen molar-refractivity contribution < 1.29 is 35.9 Å². The first-order valence-corrected chi connectivity index (χ1v) is 13.1. The van der Waals surface area contributed by atoms with E-state index in [9.17, 15) is 35.9 Å². The number of carbonyl (C=O) groups excluding carboxylic acids is 2. The lowest BCUT2D eigenvalue weighted by Gasteiger charge is -2.27. The highest BCUT2D eigenvalue weighted by Gasteiger charge is 2.47. The molecule has 0 saturated heterocycles. The van der Waals surface area contributed by atoms with E-state index in [1.165, 1.54) is 0 Å². The molecule has 9 heteroatoms. The number of alkyl halides is 6. The Hall–Kier alpha value is -2.21. The molecule has 2 aromatic rings. The Balaban J connectivity index is 2.24. The van der Waals surface area contributed by atoms with Gasteiger partial charge in [-0.2, -0.15) is 26.3 Å². The fourth-order valence-corrected chi connectivity index (χ4v) is 7.62. The summed E-state index contributed by atoms with van der Waals surface area (Å²) in [6, 6.07) is 5.20. The second-order valence-electron chi connectivity index (χ2n) is 10.4. The Morgan fingerprint density at radius 2 is 1.19 bits per heavy atom. The van der Waals surface area contributed by atoms with Crippen LogP contribution in [0.1, 0.15) is 95.0 Å². The Morgan fingerprint density at radius 3 is 1.58 bits per heavy atom. The summed E-state index contributed by atoms with van der Waals surface area (Å²) >= 11 is 0. The fraction of sp³-hybridized carbons (Fsp3) is 0.481. The van der Waals surface area contributed by atoms with Crippen LogP contribution < -0.4 is 0 Å². The van der Waals surface area contributed by atoms with E-state index < -0.39 is 53.7 Å². The predicted octanol–water partition coefficient (Wildman–Crippen LogP) is 9.04. The number of carbonyl (C=O) groups is 2. The molecule has 1 atom stereocenters. The van der Waals surface area contributed by atoms with Gasteiger partial charge in [-0.15, -0.1) is 0 Å². The molecule has 36 heavy (non-hydrogen) atoms. The molecular formula is C27H29F6O2P. The molecule has 0 radical (unpaired) electrons. The Bertz CT molecular complexity index is 1110. The quantitative estimate of drug-likeness (QED) is 0.286. The van der Waals surface area contributed by atoms with E-state index in [1.807, 2.05) is 20.8 Å². The van der Waals surface area contributed by atoms with Crippen LogP contribution in [0.25, 0.3) is 0 Å². The summed E-state index contributed by atoms with van der Waals surface area (Å²) in [6.45, 7) is 9.35. The largest absolute Gasteiger partial charge is 0.417 e. The summed E-state index contributed by atoms with van der Waals surface area (Å²) in [5, 5.41) is 0. The summed E-state index contributed by atoms with van der Waals surface area (Å²) < 4.78 is 83.0. The van der Waals surface area contributed by atoms with Gasteiger partial charge in [-0.3, -0.25) is 9.59 Å². The average molecular weight is 530 g/mol. The van der Waals surface area contributed by atoms with Gasteiger partial charge >= 0.3 is 12.4 Å². The van der Waals surface area contributed by atoms with Gasteiger partial charge in [0.25, 0.3) is 0 Å². The Morgan fingerprint density at radius 1 is 0.778 bits per heavy atom. The molecule has 0 aromatic heterocycles. The molecule has 1 unspecified atom stereocenters. The molecule has 1 fully saturated rings. The first-order chi connectivity index (χ1) is 16.4. The molecule has 1 saturated carbocycles. The zero-order chi connectivity index (χ0) is 27.2. The summed E-state index contributed by atoms with van der Waals surface area (Å²) in [7, 11) is -2.51. The minimum atomic E-state index is -5.19. The average Bonchev–Trinajstić information content (AvgIpc) is 3.25. The topological polar surface area (TPSA) is 34.1 Å². The third kappa shape index (κ3) is 5.69. The smallest absolute Gasteiger partial charge is 0.289 e. The van der Waals surface area contributed by atoms with Crippen LogP contribution in [0.15, 0.2) is 30.3 Å². The standard InChI is InChI=1S/C27H29F6O2P/c1-15-13-17(25(3,4)5)14-16(2)21(15)23(34)36(18-9-6-7-10-18)24(35)22-19(26(28,29)30)11-8-12-20(22)27(31,32)33/h8,11-14,18H,6-7,9-10H2,1-5H3. The monoisotopic (exact) mass is 530 g/mol. The lowest BCUT2D eigenvalue weighted by molar-refractivity contribution is -0.143. The van der Waals surface area contributed by atoms with Crippen LogP contribution in [0, 0.1) is 13.8 Å². The highest BCUT2D eigenvalue weighted by Crippen LogP contribution is 2.56. The predicted molar refractivity (Wildman–Crippen MR) is 129 cm³/mol. The normalized spacial score (nSPS) is 16.3. The van der Waals surface area contributed by atoms with Gasteiger partial charge in [-0.25, -0.2) is 0 Å². The summed E-state index contributed by atoms with van der Waals surface area (Å²) in [4.78, 5) is 27.7. The summed E-state index contributed by atoms with van der Waals surface area (Å²) in [5.41, 5.74) is -5.28. The molecule has 0 heterocycles. The van der Waals surface area contributed by atoms with Gasteiger partial charge < -0.3 is 0 Å². The zero-order valence-corrected chi connectivity index (χ0v) is 21.7. The lowest BCUT2D eigenvalue weighted by Crippen LogP contribution is -2.24. The lowest BCUT2D eigenvalue weighted by atomic mass is 9.84. The second-order valence-corrected chi connectivity index (χ2v) is 12.7. The third-order valence-electron chi connectivity index (χ3n) is 6.63. The highest BCUT2D eigenvalue weighted by molar-refractivity contribution is 7.90. The Labute approximate surface area is 208 Å². The van der Waals surface area contributed by atoms with Crippen molar-refractivity contribution in [3.05, 3.63) is 69.3 Å². The van der Waals surface area contributed by atoms with Crippen LogP contribution in [0.3, 0.4) is 0 Å². The maximum atomic E-state index is 13.9. The van der Waals surface area contributed by atoms with Gasteiger partial charge in [0.05, 0.1) is 11.1 Å². The minimum Gasteiger partial charge on any atom is -0.289 e. The van der Waals surface area contributed by atoms with Gasteiger partial charge in [0.2, 0.25) is 0 Å². The van der Waals surface area contributed by atoms with E-state index in [-0.39, 0.29) is 11.0 Å². The molecule has 3 rings (SSSR count). The molecule has 1 aliphatic carbocycles. The number of rotatable bonds is 5. The molecule has 2 nitrogen and oxygen atoms in total. The van der Waals surface area contributed by atoms with Crippen LogP contribution in [-0.4, -0.2) is 16.7 Å². The zero-order valence-electron chi connectivity index (χ0n) is 20.8. The van der Waals surface area contributed by atoms with Crippen molar-refractivity contribution in [3.63, 3.8) is 0 Å². The molecule has 0 spiro atoms. The molecule has 0 amide bonds.